The number of fused-ring (bicyclic) bond motifs is 1. The molecule has 0 fully saturated rings. The first-order valence-electron chi connectivity index (χ1n) is 7.92. The Hall–Kier alpha value is -2.14. The lowest BCUT2D eigenvalue weighted by Gasteiger charge is -2.07. The number of rotatable bonds is 4. The molecule has 0 aliphatic heterocycles. The van der Waals surface area contributed by atoms with Gasteiger partial charge in [0.1, 0.15) is 5.52 Å². The molecule has 0 N–H and O–H groups in total. The maximum atomic E-state index is 6.20. The summed E-state index contributed by atoms with van der Waals surface area (Å²) in [5, 5.41) is 0.394. The number of aromatic nitrogens is 4. The van der Waals surface area contributed by atoms with E-state index in [9.17, 15) is 0 Å². The van der Waals surface area contributed by atoms with Gasteiger partial charge < -0.3 is 4.57 Å². The number of nitrogens with zero attached hydrogens (tertiary/aromatic N) is 4. The molecule has 4 aromatic rings. The predicted molar refractivity (Wildman–Crippen MR) is 106 cm³/mol. The van der Waals surface area contributed by atoms with Gasteiger partial charge in [-0.1, -0.05) is 60.1 Å². The Kier molecular flexibility index (Phi) is 4.81. The fourth-order valence-corrected chi connectivity index (χ4v) is 3.48. The summed E-state index contributed by atoms with van der Waals surface area (Å²) in [7, 11) is 0. The molecular formula is C19H13Cl3N4. The normalized spacial score (nSPS) is 11.2. The molecule has 0 aliphatic carbocycles. The van der Waals surface area contributed by atoms with Crippen molar-refractivity contribution in [3.63, 3.8) is 0 Å². The molecule has 0 saturated heterocycles. The second-order valence-corrected chi connectivity index (χ2v) is 6.82. The Labute approximate surface area is 165 Å². The highest BCUT2D eigenvalue weighted by Gasteiger charge is 2.11. The van der Waals surface area contributed by atoms with Crippen molar-refractivity contribution in [1.82, 2.24) is 19.5 Å². The summed E-state index contributed by atoms with van der Waals surface area (Å²) in [5.74, 6) is 0.523. The van der Waals surface area contributed by atoms with Gasteiger partial charge in [-0.15, -0.1) is 11.6 Å². The van der Waals surface area contributed by atoms with Crippen LogP contribution in [0.3, 0.4) is 0 Å². The first kappa shape index (κ1) is 17.3. The van der Waals surface area contributed by atoms with Crippen LogP contribution in [0.15, 0.2) is 54.9 Å². The Morgan fingerprint density at radius 3 is 2.04 bits per heavy atom. The van der Waals surface area contributed by atoms with E-state index in [1.54, 1.807) is 6.33 Å². The van der Waals surface area contributed by atoms with Crippen molar-refractivity contribution in [3.05, 3.63) is 76.4 Å². The quantitative estimate of drug-likeness (QED) is 0.253. The summed E-state index contributed by atoms with van der Waals surface area (Å²) in [5.41, 5.74) is 5.71. The van der Waals surface area contributed by atoms with E-state index in [2.05, 4.69) is 51.4 Å². The van der Waals surface area contributed by atoms with Crippen LogP contribution in [-0.4, -0.2) is 19.5 Å². The molecule has 2 aromatic heterocycles. The molecule has 0 aliphatic rings. The van der Waals surface area contributed by atoms with E-state index in [0.29, 0.717) is 28.7 Å². The van der Waals surface area contributed by atoms with Gasteiger partial charge in [0.25, 0.3) is 0 Å². The molecule has 0 atom stereocenters. The SMILES string of the molecule is ClCc1ccc(-c2ccc(Cn3cnc4nc(Cl)nc(Cl)c43)cc2)cc1. The highest BCUT2D eigenvalue weighted by atomic mass is 35.5. The van der Waals surface area contributed by atoms with E-state index in [1.165, 1.54) is 0 Å². The van der Waals surface area contributed by atoms with Gasteiger partial charge in [0.15, 0.2) is 10.8 Å². The summed E-state index contributed by atoms with van der Waals surface area (Å²) in [6.07, 6.45) is 1.69. The fourth-order valence-electron chi connectivity index (χ4n) is 2.82. The minimum absolute atomic E-state index is 0.0947. The van der Waals surface area contributed by atoms with E-state index in [4.69, 9.17) is 34.8 Å². The second kappa shape index (κ2) is 7.23. The standard InChI is InChI=1S/C19H13Cl3N4/c20-9-12-1-5-14(6-2-12)15-7-3-13(4-8-15)10-26-11-23-18-16(26)17(21)24-19(22)25-18/h1-8,11H,9-10H2. The van der Waals surface area contributed by atoms with Gasteiger partial charge in [0.2, 0.25) is 5.28 Å². The minimum Gasteiger partial charge on any atom is -0.322 e. The van der Waals surface area contributed by atoms with Gasteiger partial charge >= 0.3 is 0 Å². The third-order valence-corrected chi connectivity index (χ3v) is 4.89. The lowest BCUT2D eigenvalue weighted by Crippen LogP contribution is -1.99. The molecule has 4 nitrogen and oxygen atoms in total. The lowest BCUT2D eigenvalue weighted by molar-refractivity contribution is 0.823. The van der Waals surface area contributed by atoms with Crippen molar-refractivity contribution >= 4 is 46.0 Å². The largest absolute Gasteiger partial charge is 0.322 e. The highest BCUT2D eigenvalue weighted by Crippen LogP contribution is 2.24. The fraction of sp³-hybridized carbons (Fsp3) is 0.105. The van der Waals surface area contributed by atoms with Gasteiger partial charge in [-0.3, -0.25) is 0 Å². The number of alkyl halides is 1. The molecule has 0 radical (unpaired) electrons. The average Bonchev–Trinajstić information content (AvgIpc) is 3.05. The van der Waals surface area contributed by atoms with E-state index in [-0.39, 0.29) is 5.28 Å². The van der Waals surface area contributed by atoms with Crippen molar-refractivity contribution in [2.45, 2.75) is 12.4 Å². The molecule has 4 rings (SSSR count). The third-order valence-electron chi connectivity index (χ3n) is 4.15. The van der Waals surface area contributed by atoms with Crippen molar-refractivity contribution in [2.75, 3.05) is 0 Å². The molecule has 0 spiro atoms. The first-order chi connectivity index (χ1) is 12.6. The van der Waals surface area contributed by atoms with E-state index in [1.807, 2.05) is 16.7 Å². The molecule has 26 heavy (non-hydrogen) atoms. The zero-order valence-electron chi connectivity index (χ0n) is 13.5. The van der Waals surface area contributed by atoms with Crippen LogP contribution in [0.2, 0.25) is 10.4 Å². The van der Waals surface area contributed by atoms with Crippen LogP contribution in [0.1, 0.15) is 11.1 Å². The molecule has 2 aromatic carbocycles. The van der Waals surface area contributed by atoms with Crippen molar-refractivity contribution in [3.8, 4) is 11.1 Å². The maximum absolute atomic E-state index is 6.20. The van der Waals surface area contributed by atoms with Crippen LogP contribution in [-0.2, 0) is 12.4 Å². The van der Waals surface area contributed by atoms with Gasteiger partial charge in [-0.05, 0) is 33.9 Å². The molecule has 0 bridgehead atoms. The van der Waals surface area contributed by atoms with Crippen molar-refractivity contribution in [2.24, 2.45) is 0 Å². The first-order valence-corrected chi connectivity index (χ1v) is 9.21. The van der Waals surface area contributed by atoms with Crippen LogP contribution in [0.5, 0.6) is 0 Å². The number of hydrogen-bond donors (Lipinski definition) is 0. The average molecular weight is 404 g/mol. The van der Waals surface area contributed by atoms with E-state index in [0.717, 1.165) is 22.3 Å². The van der Waals surface area contributed by atoms with Gasteiger partial charge in [0.05, 0.1) is 6.33 Å². The maximum Gasteiger partial charge on any atom is 0.225 e. The van der Waals surface area contributed by atoms with Gasteiger partial charge in [-0.2, -0.15) is 4.98 Å². The number of hydrogen-bond acceptors (Lipinski definition) is 3. The van der Waals surface area contributed by atoms with Crippen LogP contribution in [0.25, 0.3) is 22.3 Å². The summed E-state index contributed by atoms with van der Waals surface area (Å²) in [6, 6.07) is 16.6. The summed E-state index contributed by atoms with van der Waals surface area (Å²) >= 11 is 17.9. The minimum atomic E-state index is 0.0947. The number of halogens is 3. The lowest BCUT2D eigenvalue weighted by atomic mass is 10.0. The summed E-state index contributed by atoms with van der Waals surface area (Å²) in [4.78, 5) is 12.3. The molecule has 0 amide bonds. The molecule has 0 unspecified atom stereocenters. The monoisotopic (exact) mass is 402 g/mol. The molecule has 2 heterocycles. The Morgan fingerprint density at radius 2 is 1.42 bits per heavy atom. The summed E-state index contributed by atoms with van der Waals surface area (Å²) < 4.78 is 1.91. The van der Waals surface area contributed by atoms with Crippen molar-refractivity contribution < 1.29 is 0 Å². The van der Waals surface area contributed by atoms with Gasteiger partial charge in [-0.25, -0.2) is 9.97 Å². The van der Waals surface area contributed by atoms with Gasteiger partial charge in [0, 0.05) is 12.4 Å². The van der Waals surface area contributed by atoms with Crippen molar-refractivity contribution in [1.29, 1.82) is 0 Å². The summed E-state index contributed by atoms with van der Waals surface area (Å²) in [6.45, 7) is 0.618. The molecule has 130 valence electrons. The Bertz CT molecular complexity index is 1060. The van der Waals surface area contributed by atoms with Crippen LogP contribution >= 0.6 is 34.8 Å². The zero-order chi connectivity index (χ0) is 18.1. The topological polar surface area (TPSA) is 43.6 Å². The highest BCUT2D eigenvalue weighted by molar-refractivity contribution is 6.35. The van der Waals surface area contributed by atoms with Crippen LogP contribution in [0.4, 0.5) is 0 Å². The second-order valence-electron chi connectivity index (χ2n) is 5.86. The Balaban J connectivity index is 1.60. The van der Waals surface area contributed by atoms with Crippen LogP contribution < -0.4 is 0 Å². The van der Waals surface area contributed by atoms with Crippen LogP contribution in [0, 0.1) is 0 Å². The van der Waals surface area contributed by atoms with E-state index < -0.39 is 0 Å². The Morgan fingerprint density at radius 1 is 0.808 bits per heavy atom. The zero-order valence-corrected chi connectivity index (χ0v) is 15.8. The van der Waals surface area contributed by atoms with E-state index >= 15 is 0 Å². The predicted octanol–water partition coefficient (Wildman–Crippen LogP) is 5.59. The number of imidazole rings is 1. The number of benzene rings is 2. The molecular weight excluding hydrogens is 391 g/mol. The smallest absolute Gasteiger partial charge is 0.225 e. The molecule has 0 saturated carbocycles. The molecule has 7 heteroatoms. The third kappa shape index (κ3) is 3.40.